The summed E-state index contributed by atoms with van der Waals surface area (Å²) in [5.41, 5.74) is -1.59. The molecule has 1 aromatic heterocycles. The Balaban J connectivity index is 1.98. The Morgan fingerprint density at radius 1 is 1.18 bits per heavy atom. The van der Waals surface area contributed by atoms with Crippen molar-refractivity contribution in [1.82, 2.24) is 9.55 Å². The van der Waals surface area contributed by atoms with Crippen molar-refractivity contribution in [3.8, 4) is 0 Å². The highest BCUT2D eigenvalue weighted by molar-refractivity contribution is 7.68. The molecule has 6 N–H and O–H groups in total. The predicted molar refractivity (Wildman–Crippen MR) is 85.7 cm³/mol. The maximum atomic E-state index is 11.7. The Hall–Kier alpha value is -0.990. The molecule has 19 heteroatoms. The van der Waals surface area contributed by atoms with Crippen LogP contribution >= 0.6 is 23.2 Å². The molecule has 16 nitrogen and oxygen atoms in total. The molecule has 0 radical (unpaired) electrons. The average molecular weight is 468 g/mol. The van der Waals surface area contributed by atoms with E-state index in [2.05, 4.69) is 8.62 Å². The number of hydrogen-bond acceptors (Lipinski definition) is 10. The third kappa shape index (κ3) is 6.81. The van der Waals surface area contributed by atoms with E-state index in [0.717, 1.165) is 16.8 Å². The first-order valence-corrected chi connectivity index (χ1v) is 11.9. The minimum absolute atomic E-state index is 0.300. The number of aliphatic hydroxyl groups excluding tert-OH is 1. The van der Waals surface area contributed by atoms with Gasteiger partial charge in [0.25, 0.3) is 5.56 Å². The summed E-state index contributed by atoms with van der Waals surface area (Å²) in [6.45, 7) is 0. The number of H-pyrrole nitrogens is 1. The van der Waals surface area contributed by atoms with E-state index >= 15 is 0 Å². The molecule has 160 valence electrons. The van der Waals surface area contributed by atoms with Crippen LogP contribution in [0.5, 0.6) is 0 Å². The minimum atomic E-state index is -5.61. The summed E-state index contributed by atoms with van der Waals surface area (Å²) in [4.78, 5) is 60.1. The Kier molecular flexibility index (Phi) is 6.99. The number of phosphoric acid groups is 2. The van der Waals surface area contributed by atoms with Gasteiger partial charge in [0.1, 0.15) is 6.10 Å². The summed E-state index contributed by atoms with van der Waals surface area (Å²) in [7, 11) is -16.2. The lowest BCUT2D eigenvalue weighted by Crippen LogP contribution is -2.34. The van der Waals surface area contributed by atoms with Gasteiger partial charge in [0.05, 0.1) is 0 Å². The number of aromatic nitrogens is 2. The van der Waals surface area contributed by atoms with Crippen molar-refractivity contribution in [1.29, 1.82) is 0 Å². The van der Waals surface area contributed by atoms with Crippen LogP contribution in [0.15, 0.2) is 21.9 Å². The fraction of sp³-hybridized carbons (Fsp3) is 0.556. The van der Waals surface area contributed by atoms with E-state index in [-0.39, 0.29) is 6.42 Å². The molecule has 2 heterocycles. The van der Waals surface area contributed by atoms with Gasteiger partial charge in [-0.3, -0.25) is 18.9 Å². The van der Waals surface area contributed by atoms with Gasteiger partial charge in [-0.2, -0.15) is 4.31 Å². The molecule has 1 aromatic rings. The van der Waals surface area contributed by atoms with Crippen LogP contribution in [0, 0.1) is 0 Å². The zero-order chi connectivity index (χ0) is 21.3. The highest BCUT2D eigenvalue weighted by atomic mass is 31.3. The summed E-state index contributed by atoms with van der Waals surface area (Å²) in [6.07, 6.45) is -4.55. The van der Waals surface area contributed by atoms with Crippen LogP contribution in [0.3, 0.4) is 0 Å². The van der Waals surface area contributed by atoms with E-state index in [1.54, 1.807) is 0 Å². The normalized spacial score (nSPS) is 27.2. The van der Waals surface area contributed by atoms with Crippen LogP contribution in [0.1, 0.15) is 12.6 Å². The predicted octanol–water partition coefficient (Wildman–Crippen LogP) is -1.47. The van der Waals surface area contributed by atoms with E-state index in [9.17, 15) is 33.3 Å². The molecule has 1 fully saturated rings. The minimum Gasteiger partial charge on any atom is -0.388 e. The monoisotopic (exact) mass is 468 g/mol. The lowest BCUT2D eigenvalue weighted by atomic mass is 10.2. The first-order chi connectivity index (χ1) is 12.7. The van der Waals surface area contributed by atoms with Crippen molar-refractivity contribution >= 4 is 23.2 Å². The van der Waals surface area contributed by atoms with Crippen LogP contribution in [-0.4, -0.2) is 53.0 Å². The summed E-state index contributed by atoms with van der Waals surface area (Å²) in [5.74, 6) is 0. The van der Waals surface area contributed by atoms with E-state index in [1.165, 1.54) is 0 Å². The number of nitrogens with one attached hydrogen (secondary N) is 1. The number of aromatic amines is 1. The van der Waals surface area contributed by atoms with Crippen molar-refractivity contribution in [2.75, 3.05) is 6.35 Å². The Morgan fingerprint density at radius 3 is 2.39 bits per heavy atom. The van der Waals surface area contributed by atoms with E-state index in [4.69, 9.17) is 24.2 Å². The summed E-state index contributed by atoms with van der Waals surface area (Å²) in [6, 6.07) is 0.987. The van der Waals surface area contributed by atoms with Gasteiger partial charge in [-0.1, -0.05) is 0 Å². The smallest absolute Gasteiger partial charge is 0.388 e. The quantitative estimate of drug-likeness (QED) is 0.239. The Bertz CT molecular complexity index is 965. The third-order valence-corrected chi connectivity index (χ3v) is 7.04. The highest BCUT2D eigenvalue weighted by Gasteiger charge is 2.42. The number of ether oxygens (including phenoxy) is 2. The summed E-state index contributed by atoms with van der Waals surface area (Å²) >= 11 is 0. The maximum Gasteiger partial charge on any atom is 0.488 e. The molecular formula is C9H15N2O14P3. The van der Waals surface area contributed by atoms with Crippen molar-refractivity contribution in [3.05, 3.63) is 33.1 Å². The van der Waals surface area contributed by atoms with Crippen molar-refractivity contribution < 1.29 is 56.5 Å². The molecule has 0 spiro atoms. The SMILES string of the molecule is O=c1ccn([C@@H]2O[C@H](OCP(=O)(O)OP(=O)(O)OP(=O)(O)O)CC2O)c(=O)[nH]1. The molecule has 0 saturated carbocycles. The first kappa shape index (κ1) is 23.3. The molecular weight excluding hydrogens is 453 g/mol. The summed E-state index contributed by atoms with van der Waals surface area (Å²) < 4.78 is 51.6. The molecule has 0 bridgehead atoms. The van der Waals surface area contributed by atoms with Crippen LogP contribution < -0.4 is 11.2 Å². The standard InChI is InChI=1S/C9H15N2O14P3/c12-5-3-7(23-8(5)11-2-1-6(13)10-9(11)14)22-4-26(15,16)24-28(20,21)25-27(17,18)19/h1-2,5,7-8,12H,3-4H2,(H,15,16)(H,20,21)(H,10,13,14)(H2,17,18,19)/t5?,7-,8+/m0/s1. The number of nitrogens with zero attached hydrogens (tertiary/aromatic N) is 1. The molecule has 1 saturated heterocycles. The molecule has 28 heavy (non-hydrogen) atoms. The lowest BCUT2D eigenvalue weighted by molar-refractivity contribution is -0.147. The third-order valence-electron chi connectivity index (χ3n) is 3.04. The molecule has 0 amide bonds. The molecule has 1 aliphatic rings. The van der Waals surface area contributed by atoms with Crippen LogP contribution in [0.2, 0.25) is 0 Å². The zero-order valence-electron chi connectivity index (χ0n) is 13.5. The number of aliphatic hydroxyl groups is 1. The van der Waals surface area contributed by atoms with Crippen molar-refractivity contribution in [2.45, 2.75) is 25.0 Å². The molecule has 3 unspecified atom stereocenters. The van der Waals surface area contributed by atoms with Gasteiger partial charge in [0.2, 0.25) is 0 Å². The Morgan fingerprint density at radius 2 is 1.82 bits per heavy atom. The van der Waals surface area contributed by atoms with Gasteiger partial charge in [-0.15, -0.1) is 0 Å². The van der Waals surface area contributed by atoms with E-state index in [1.807, 2.05) is 4.98 Å². The van der Waals surface area contributed by atoms with Gasteiger partial charge in [-0.05, 0) is 0 Å². The van der Waals surface area contributed by atoms with Gasteiger partial charge in [0, 0.05) is 18.7 Å². The second-order valence-electron chi connectivity index (χ2n) is 5.33. The van der Waals surface area contributed by atoms with Crippen LogP contribution in [-0.2, 0) is 31.8 Å². The molecule has 0 aromatic carbocycles. The van der Waals surface area contributed by atoms with Crippen molar-refractivity contribution in [2.24, 2.45) is 0 Å². The average Bonchev–Trinajstić information content (AvgIpc) is 2.82. The van der Waals surface area contributed by atoms with Crippen LogP contribution in [0.25, 0.3) is 0 Å². The number of rotatable bonds is 8. The van der Waals surface area contributed by atoms with E-state index < -0.39 is 59.5 Å². The molecule has 1 aliphatic heterocycles. The topological polar surface area (TPSA) is 244 Å². The van der Waals surface area contributed by atoms with Gasteiger partial charge >= 0.3 is 28.9 Å². The largest absolute Gasteiger partial charge is 0.488 e. The highest BCUT2D eigenvalue weighted by Crippen LogP contribution is 2.66. The molecule has 2 rings (SSSR count). The fourth-order valence-electron chi connectivity index (χ4n) is 2.11. The molecule has 5 atom stereocenters. The lowest BCUT2D eigenvalue weighted by Gasteiger charge is -2.19. The van der Waals surface area contributed by atoms with Gasteiger partial charge in [0.15, 0.2) is 18.9 Å². The molecule has 0 aliphatic carbocycles. The van der Waals surface area contributed by atoms with Gasteiger partial charge in [-0.25, -0.2) is 18.2 Å². The first-order valence-electron chi connectivity index (χ1n) is 7.07. The van der Waals surface area contributed by atoms with Crippen molar-refractivity contribution in [3.63, 3.8) is 0 Å². The van der Waals surface area contributed by atoms with Gasteiger partial charge < -0.3 is 34.2 Å². The second kappa shape index (κ2) is 8.40. The Labute approximate surface area is 154 Å². The second-order valence-corrected chi connectivity index (χ2v) is 10.1. The zero-order valence-corrected chi connectivity index (χ0v) is 16.2. The maximum absolute atomic E-state index is 11.7. The fourth-order valence-corrected chi connectivity index (χ4v) is 5.41. The van der Waals surface area contributed by atoms with Crippen LogP contribution in [0.4, 0.5) is 0 Å². The summed E-state index contributed by atoms with van der Waals surface area (Å²) in [5, 5.41) is 9.94. The number of hydrogen-bond donors (Lipinski definition) is 6. The van der Waals surface area contributed by atoms with E-state index in [0.29, 0.717) is 0 Å².